The van der Waals surface area contributed by atoms with E-state index in [1.54, 1.807) is 6.07 Å². The van der Waals surface area contributed by atoms with Gasteiger partial charge in [-0.15, -0.1) is 0 Å². The van der Waals surface area contributed by atoms with Crippen LogP contribution in [-0.2, 0) is 28.1 Å². The molecular formula is C27H32FN5O3. The lowest BCUT2D eigenvalue weighted by molar-refractivity contribution is -0.136. The number of pyridine rings is 1. The number of halogens is 1. The molecule has 3 aliphatic rings. The van der Waals surface area contributed by atoms with E-state index < -0.39 is 17.8 Å². The van der Waals surface area contributed by atoms with Gasteiger partial charge in [0.2, 0.25) is 11.8 Å². The molecule has 2 saturated heterocycles. The molecule has 9 heteroatoms. The fourth-order valence-corrected chi connectivity index (χ4v) is 5.21. The molecular weight excluding hydrogens is 461 g/mol. The average molecular weight is 494 g/mol. The topological polar surface area (TPSA) is 85.9 Å². The molecule has 0 aliphatic carbocycles. The minimum Gasteiger partial charge on any atom is -0.367 e. The van der Waals surface area contributed by atoms with Crippen molar-refractivity contribution in [3.63, 3.8) is 0 Å². The van der Waals surface area contributed by atoms with Gasteiger partial charge in [0, 0.05) is 68.6 Å². The smallest absolute Gasteiger partial charge is 0.255 e. The quantitative estimate of drug-likeness (QED) is 0.659. The first-order valence-electron chi connectivity index (χ1n) is 12.5. The van der Waals surface area contributed by atoms with Crippen LogP contribution >= 0.6 is 0 Å². The molecule has 0 spiro atoms. The van der Waals surface area contributed by atoms with Gasteiger partial charge >= 0.3 is 0 Å². The number of rotatable bonds is 4. The summed E-state index contributed by atoms with van der Waals surface area (Å²) in [6, 6.07) is 6.56. The van der Waals surface area contributed by atoms with E-state index in [4.69, 9.17) is 0 Å². The van der Waals surface area contributed by atoms with E-state index in [1.807, 2.05) is 17.2 Å². The lowest BCUT2D eigenvalue weighted by atomic mass is 9.91. The predicted octanol–water partition coefficient (Wildman–Crippen LogP) is 2.60. The summed E-state index contributed by atoms with van der Waals surface area (Å²) in [5.41, 5.74) is 3.79. The van der Waals surface area contributed by atoms with Crippen LogP contribution in [0.1, 0.15) is 60.8 Å². The monoisotopic (exact) mass is 493 g/mol. The van der Waals surface area contributed by atoms with Gasteiger partial charge in [-0.05, 0) is 41.8 Å². The number of imide groups is 1. The number of amides is 3. The SMILES string of the molecule is CC(C)(C)c1cc(CN2CCN(c3cc4c(cc3F)C(=O)N(C3CCC(=O)NC3=O)C4)CC2)ccn1. The van der Waals surface area contributed by atoms with Crippen molar-refractivity contribution in [1.82, 2.24) is 20.1 Å². The first-order valence-corrected chi connectivity index (χ1v) is 12.5. The number of hydrogen-bond acceptors (Lipinski definition) is 6. The van der Waals surface area contributed by atoms with E-state index in [0.29, 0.717) is 24.3 Å². The maximum atomic E-state index is 15.1. The molecule has 1 aromatic carbocycles. The van der Waals surface area contributed by atoms with Crippen molar-refractivity contribution in [3.05, 3.63) is 58.7 Å². The van der Waals surface area contributed by atoms with E-state index in [2.05, 4.69) is 42.0 Å². The van der Waals surface area contributed by atoms with Crippen molar-refractivity contribution in [2.75, 3.05) is 31.1 Å². The third-order valence-corrected chi connectivity index (χ3v) is 7.30. The Morgan fingerprint density at radius 3 is 2.53 bits per heavy atom. The Labute approximate surface area is 210 Å². The molecule has 0 bridgehead atoms. The zero-order valence-corrected chi connectivity index (χ0v) is 21.0. The number of nitrogens with zero attached hydrogens (tertiary/aromatic N) is 4. The maximum absolute atomic E-state index is 15.1. The van der Waals surface area contributed by atoms with Gasteiger partial charge in [0.05, 0.1) is 5.69 Å². The van der Waals surface area contributed by atoms with Crippen LogP contribution in [0.5, 0.6) is 0 Å². The molecule has 1 aromatic heterocycles. The summed E-state index contributed by atoms with van der Waals surface area (Å²) < 4.78 is 15.1. The number of carbonyl (C=O) groups excluding carboxylic acids is 3. The molecule has 3 aliphatic heterocycles. The highest BCUT2D eigenvalue weighted by atomic mass is 19.1. The summed E-state index contributed by atoms with van der Waals surface area (Å²) in [4.78, 5) is 47.0. The van der Waals surface area contributed by atoms with Crippen LogP contribution in [0.4, 0.5) is 10.1 Å². The van der Waals surface area contributed by atoms with Crippen molar-refractivity contribution in [3.8, 4) is 0 Å². The highest BCUT2D eigenvalue weighted by Crippen LogP contribution is 2.33. The Morgan fingerprint density at radius 1 is 1.08 bits per heavy atom. The second kappa shape index (κ2) is 9.28. The fourth-order valence-electron chi connectivity index (χ4n) is 5.21. The molecule has 5 rings (SSSR count). The number of nitrogens with one attached hydrogen (secondary N) is 1. The molecule has 1 unspecified atom stereocenters. The van der Waals surface area contributed by atoms with E-state index in [1.165, 1.54) is 16.5 Å². The summed E-state index contributed by atoms with van der Waals surface area (Å²) >= 11 is 0. The first kappa shape index (κ1) is 24.4. The number of aromatic nitrogens is 1. The molecule has 2 aromatic rings. The summed E-state index contributed by atoms with van der Waals surface area (Å²) in [6.45, 7) is 10.5. The van der Waals surface area contributed by atoms with Crippen molar-refractivity contribution in [1.29, 1.82) is 0 Å². The van der Waals surface area contributed by atoms with Crippen LogP contribution in [0.2, 0.25) is 0 Å². The predicted molar refractivity (Wildman–Crippen MR) is 133 cm³/mol. The van der Waals surface area contributed by atoms with Gasteiger partial charge in [-0.3, -0.25) is 29.6 Å². The normalized spacial score (nSPS) is 21.1. The number of piperazine rings is 1. The average Bonchev–Trinajstić information content (AvgIpc) is 3.14. The van der Waals surface area contributed by atoms with Crippen LogP contribution in [-0.4, -0.2) is 64.7 Å². The Balaban J connectivity index is 1.25. The van der Waals surface area contributed by atoms with Crippen molar-refractivity contribution in [2.45, 2.75) is 58.2 Å². The van der Waals surface area contributed by atoms with Crippen molar-refractivity contribution < 1.29 is 18.8 Å². The van der Waals surface area contributed by atoms with Gasteiger partial charge in [0.1, 0.15) is 11.9 Å². The number of benzene rings is 1. The molecule has 0 saturated carbocycles. The third kappa shape index (κ3) is 4.72. The van der Waals surface area contributed by atoms with E-state index >= 15 is 4.39 Å². The second-order valence-electron chi connectivity index (χ2n) is 10.9. The van der Waals surface area contributed by atoms with E-state index in [-0.39, 0.29) is 36.6 Å². The number of piperidine rings is 1. The summed E-state index contributed by atoms with van der Waals surface area (Å²) in [5.74, 6) is -1.58. The van der Waals surface area contributed by atoms with Crippen LogP contribution in [0.15, 0.2) is 30.5 Å². The zero-order valence-electron chi connectivity index (χ0n) is 21.0. The molecule has 1 atom stereocenters. The minimum atomic E-state index is -0.704. The lowest BCUT2D eigenvalue weighted by Gasteiger charge is -2.36. The number of carbonyl (C=O) groups is 3. The molecule has 36 heavy (non-hydrogen) atoms. The van der Waals surface area contributed by atoms with Crippen LogP contribution in [0, 0.1) is 5.82 Å². The van der Waals surface area contributed by atoms with Crippen LogP contribution < -0.4 is 10.2 Å². The number of fused-ring (bicyclic) bond motifs is 1. The van der Waals surface area contributed by atoms with E-state index in [0.717, 1.165) is 30.9 Å². The number of anilines is 1. The van der Waals surface area contributed by atoms with Gasteiger partial charge in [0.15, 0.2) is 0 Å². The largest absolute Gasteiger partial charge is 0.367 e. The first-order chi connectivity index (χ1) is 17.1. The number of hydrogen-bond donors (Lipinski definition) is 1. The summed E-state index contributed by atoms with van der Waals surface area (Å²) in [6.07, 6.45) is 2.35. The lowest BCUT2D eigenvalue weighted by Crippen LogP contribution is -2.52. The Kier molecular flexibility index (Phi) is 6.28. The zero-order chi connectivity index (χ0) is 25.6. The molecule has 1 N–H and O–H groups in total. The second-order valence-corrected chi connectivity index (χ2v) is 10.9. The molecule has 190 valence electrons. The standard InChI is InChI=1S/C27H32FN5O3/c1-27(2,3)23-12-17(6-7-29-23)15-31-8-10-32(11-9-31)22-13-18-16-33(26(36)19(18)14-20(22)28)21-4-5-24(34)30-25(21)35/h6-7,12-14,21H,4-5,8-11,15-16H2,1-3H3,(H,30,34,35). The molecule has 4 heterocycles. The molecule has 8 nitrogen and oxygen atoms in total. The summed E-state index contributed by atoms with van der Waals surface area (Å²) in [5, 5.41) is 2.30. The summed E-state index contributed by atoms with van der Waals surface area (Å²) in [7, 11) is 0. The van der Waals surface area contributed by atoms with Gasteiger partial charge in [-0.1, -0.05) is 20.8 Å². The van der Waals surface area contributed by atoms with Gasteiger partial charge < -0.3 is 9.80 Å². The van der Waals surface area contributed by atoms with E-state index in [9.17, 15) is 14.4 Å². The van der Waals surface area contributed by atoms with Gasteiger partial charge in [0.25, 0.3) is 5.91 Å². The van der Waals surface area contributed by atoms with Gasteiger partial charge in [-0.2, -0.15) is 0 Å². The Morgan fingerprint density at radius 2 is 1.83 bits per heavy atom. The molecule has 2 fully saturated rings. The van der Waals surface area contributed by atoms with Crippen molar-refractivity contribution >= 4 is 23.4 Å². The minimum absolute atomic E-state index is 0.00498. The third-order valence-electron chi connectivity index (χ3n) is 7.30. The fraction of sp³-hybridized carbons (Fsp3) is 0.481. The van der Waals surface area contributed by atoms with Gasteiger partial charge in [-0.25, -0.2) is 4.39 Å². The Bertz CT molecular complexity index is 1220. The van der Waals surface area contributed by atoms with Crippen LogP contribution in [0.25, 0.3) is 0 Å². The highest BCUT2D eigenvalue weighted by Gasteiger charge is 2.40. The highest BCUT2D eigenvalue weighted by molar-refractivity contribution is 6.05. The molecule has 0 radical (unpaired) electrons. The Hall–Kier alpha value is -3.33. The maximum Gasteiger partial charge on any atom is 0.255 e. The molecule has 3 amide bonds. The van der Waals surface area contributed by atoms with Crippen LogP contribution in [0.3, 0.4) is 0 Å². The van der Waals surface area contributed by atoms with Crippen molar-refractivity contribution in [2.24, 2.45) is 0 Å².